The van der Waals surface area contributed by atoms with Gasteiger partial charge < -0.3 is 9.84 Å². The third kappa shape index (κ3) is 3.48. The standard InChI is InChI=1S/C6H10N2O2S2/c1-10-2-5(9)3-11-6-8-7-4-12-6/h4-5,9H,2-3H2,1H3. The number of rotatable bonds is 5. The molecule has 1 heterocycles. The van der Waals surface area contributed by atoms with Crippen LogP contribution in [0.4, 0.5) is 0 Å². The lowest BCUT2D eigenvalue weighted by Gasteiger charge is -2.05. The predicted octanol–water partition coefficient (Wildman–Crippen LogP) is 0.638. The highest BCUT2D eigenvalue weighted by molar-refractivity contribution is 8.01. The van der Waals surface area contributed by atoms with Gasteiger partial charge in [0.2, 0.25) is 0 Å². The van der Waals surface area contributed by atoms with Crippen molar-refractivity contribution in [2.45, 2.75) is 10.4 Å². The van der Waals surface area contributed by atoms with Gasteiger partial charge in [-0.1, -0.05) is 23.1 Å². The van der Waals surface area contributed by atoms with Gasteiger partial charge in [-0.25, -0.2) is 0 Å². The first-order valence-corrected chi connectivity index (χ1v) is 5.25. The number of methoxy groups -OCH3 is 1. The molecule has 0 spiro atoms. The summed E-state index contributed by atoms with van der Waals surface area (Å²) in [4.78, 5) is 0. The first-order valence-electron chi connectivity index (χ1n) is 3.39. The molecule has 1 N–H and O–H groups in total. The van der Waals surface area contributed by atoms with Gasteiger partial charge in [0.25, 0.3) is 0 Å². The van der Waals surface area contributed by atoms with Crippen molar-refractivity contribution in [2.24, 2.45) is 0 Å². The van der Waals surface area contributed by atoms with Crippen molar-refractivity contribution in [1.82, 2.24) is 10.2 Å². The highest BCUT2D eigenvalue weighted by atomic mass is 32.2. The Balaban J connectivity index is 2.17. The number of aromatic nitrogens is 2. The third-order valence-electron chi connectivity index (χ3n) is 1.10. The van der Waals surface area contributed by atoms with Crippen molar-refractivity contribution >= 4 is 23.1 Å². The monoisotopic (exact) mass is 206 g/mol. The molecule has 4 nitrogen and oxygen atoms in total. The summed E-state index contributed by atoms with van der Waals surface area (Å²) in [5.41, 5.74) is 1.67. The van der Waals surface area contributed by atoms with Crippen molar-refractivity contribution in [3.8, 4) is 0 Å². The Kier molecular flexibility index (Phi) is 4.52. The molecule has 0 amide bonds. The lowest BCUT2D eigenvalue weighted by molar-refractivity contribution is 0.0794. The summed E-state index contributed by atoms with van der Waals surface area (Å²) >= 11 is 2.96. The van der Waals surface area contributed by atoms with Crippen molar-refractivity contribution in [3.05, 3.63) is 5.51 Å². The summed E-state index contributed by atoms with van der Waals surface area (Å²) in [6.45, 7) is 0.367. The molecule has 1 aromatic heterocycles. The van der Waals surface area contributed by atoms with E-state index in [2.05, 4.69) is 10.2 Å². The van der Waals surface area contributed by atoms with Gasteiger partial charge in [-0.2, -0.15) is 0 Å². The number of ether oxygens (including phenoxy) is 1. The Morgan fingerprint density at radius 3 is 3.25 bits per heavy atom. The fraction of sp³-hybridized carbons (Fsp3) is 0.667. The van der Waals surface area contributed by atoms with Crippen LogP contribution in [0.1, 0.15) is 0 Å². The molecule has 0 aromatic carbocycles. The lowest BCUT2D eigenvalue weighted by atomic mass is 10.4. The lowest BCUT2D eigenvalue weighted by Crippen LogP contribution is -2.16. The molecule has 0 bridgehead atoms. The summed E-state index contributed by atoms with van der Waals surface area (Å²) in [5.74, 6) is 0.600. The highest BCUT2D eigenvalue weighted by Gasteiger charge is 2.05. The van der Waals surface area contributed by atoms with Crippen LogP contribution in [0.3, 0.4) is 0 Å². The van der Waals surface area contributed by atoms with Gasteiger partial charge in [0.1, 0.15) is 5.51 Å². The van der Waals surface area contributed by atoms with Crippen LogP contribution in [0.5, 0.6) is 0 Å². The Morgan fingerprint density at radius 2 is 2.67 bits per heavy atom. The number of nitrogens with zero attached hydrogens (tertiary/aromatic N) is 2. The van der Waals surface area contributed by atoms with E-state index >= 15 is 0 Å². The predicted molar refractivity (Wildman–Crippen MR) is 48.5 cm³/mol. The molecule has 6 heteroatoms. The molecule has 68 valence electrons. The van der Waals surface area contributed by atoms with E-state index in [0.717, 1.165) is 4.34 Å². The van der Waals surface area contributed by atoms with Gasteiger partial charge in [-0.05, 0) is 0 Å². The summed E-state index contributed by atoms with van der Waals surface area (Å²) in [7, 11) is 1.57. The maximum atomic E-state index is 9.26. The van der Waals surface area contributed by atoms with Crippen LogP contribution in [0.15, 0.2) is 9.85 Å². The average molecular weight is 206 g/mol. The van der Waals surface area contributed by atoms with Gasteiger partial charge in [0.15, 0.2) is 4.34 Å². The van der Waals surface area contributed by atoms with E-state index in [1.807, 2.05) is 0 Å². The van der Waals surface area contributed by atoms with Crippen molar-refractivity contribution in [1.29, 1.82) is 0 Å². The van der Waals surface area contributed by atoms with E-state index in [-0.39, 0.29) is 0 Å². The molecule has 0 saturated heterocycles. The molecule has 0 fully saturated rings. The minimum absolute atomic E-state index is 0.367. The van der Waals surface area contributed by atoms with E-state index in [4.69, 9.17) is 4.74 Å². The van der Waals surface area contributed by atoms with Crippen LogP contribution in [0.2, 0.25) is 0 Å². The quantitative estimate of drug-likeness (QED) is 0.716. The highest BCUT2D eigenvalue weighted by Crippen LogP contribution is 2.19. The Labute approximate surface area is 79.0 Å². The largest absolute Gasteiger partial charge is 0.390 e. The van der Waals surface area contributed by atoms with Gasteiger partial charge in [0.05, 0.1) is 12.7 Å². The molecule has 1 aromatic rings. The van der Waals surface area contributed by atoms with Crippen LogP contribution >= 0.6 is 23.1 Å². The van der Waals surface area contributed by atoms with E-state index in [1.165, 1.54) is 23.1 Å². The molecule has 0 aliphatic heterocycles. The van der Waals surface area contributed by atoms with Crippen LogP contribution in [0, 0.1) is 0 Å². The van der Waals surface area contributed by atoms with E-state index in [1.54, 1.807) is 12.6 Å². The maximum absolute atomic E-state index is 9.26. The second kappa shape index (κ2) is 5.47. The number of thioether (sulfide) groups is 1. The molecule has 0 radical (unpaired) electrons. The SMILES string of the molecule is COCC(O)CSc1nncs1. The summed E-state index contributed by atoms with van der Waals surface area (Å²) in [6, 6.07) is 0. The Morgan fingerprint density at radius 1 is 1.83 bits per heavy atom. The zero-order valence-electron chi connectivity index (χ0n) is 6.64. The molecule has 0 saturated carbocycles. The van der Waals surface area contributed by atoms with E-state index in [0.29, 0.717) is 12.4 Å². The molecule has 1 atom stereocenters. The van der Waals surface area contributed by atoms with Crippen LogP contribution in [-0.2, 0) is 4.74 Å². The summed E-state index contributed by atoms with van der Waals surface area (Å²) < 4.78 is 5.66. The minimum atomic E-state index is -0.427. The first-order chi connectivity index (χ1) is 5.83. The molecule has 0 aliphatic carbocycles. The number of aliphatic hydroxyl groups is 1. The van der Waals surface area contributed by atoms with Crippen molar-refractivity contribution in [2.75, 3.05) is 19.5 Å². The minimum Gasteiger partial charge on any atom is -0.390 e. The summed E-state index contributed by atoms with van der Waals surface area (Å²) in [6.07, 6.45) is -0.427. The smallest absolute Gasteiger partial charge is 0.174 e. The number of hydrogen-bond acceptors (Lipinski definition) is 6. The van der Waals surface area contributed by atoms with Crippen molar-refractivity contribution < 1.29 is 9.84 Å². The molecule has 1 rings (SSSR count). The van der Waals surface area contributed by atoms with Gasteiger partial charge in [0, 0.05) is 12.9 Å². The van der Waals surface area contributed by atoms with Crippen LogP contribution in [-0.4, -0.2) is 40.9 Å². The topological polar surface area (TPSA) is 55.2 Å². The Hall–Kier alpha value is -0.170. The van der Waals surface area contributed by atoms with Gasteiger partial charge in [-0.15, -0.1) is 10.2 Å². The van der Waals surface area contributed by atoms with Gasteiger partial charge >= 0.3 is 0 Å². The fourth-order valence-electron chi connectivity index (χ4n) is 0.634. The molecular formula is C6H10N2O2S2. The molecule has 1 unspecified atom stereocenters. The normalized spacial score (nSPS) is 13.2. The van der Waals surface area contributed by atoms with Crippen LogP contribution in [0.25, 0.3) is 0 Å². The third-order valence-corrected chi connectivity index (χ3v) is 3.10. The molecule has 12 heavy (non-hydrogen) atoms. The molecular weight excluding hydrogens is 196 g/mol. The first kappa shape index (κ1) is 9.91. The summed E-state index contributed by atoms with van der Waals surface area (Å²) in [5, 5.41) is 16.8. The average Bonchev–Trinajstić information content (AvgIpc) is 2.53. The number of hydrogen-bond donors (Lipinski definition) is 1. The fourth-order valence-corrected chi connectivity index (χ4v) is 2.05. The Bertz CT molecular complexity index is 205. The second-order valence-corrected chi connectivity index (χ2v) is 4.23. The second-order valence-electron chi connectivity index (χ2n) is 2.12. The number of aliphatic hydroxyl groups excluding tert-OH is 1. The van der Waals surface area contributed by atoms with Crippen LogP contribution < -0.4 is 0 Å². The zero-order valence-corrected chi connectivity index (χ0v) is 8.27. The van der Waals surface area contributed by atoms with Crippen molar-refractivity contribution in [3.63, 3.8) is 0 Å². The van der Waals surface area contributed by atoms with E-state index < -0.39 is 6.10 Å². The van der Waals surface area contributed by atoms with E-state index in [9.17, 15) is 5.11 Å². The van der Waals surface area contributed by atoms with Gasteiger partial charge in [-0.3, -0.25) is 0 Å². The zero-order chi connectivity index (χ0) is 8.81. The maximum Gasteiger partial charge on any atom is 0.174 e. The molecule has 0 aliphatic rings.